The molecule has 35 heavy (non-hydrogen) atoms. The van der Waals surface area contributed by atoms with Crippen LogP contribution < -0.4 is 10.6 Å². The van der Waals surface area contributed by atoms with E-state index in [0.29, 0.717) is 13.1 Å². The zero-order valence-electron chi connectivity index (χ0n) is 20.9. The first-order valence-electron chi connectivity index (χ1n) is 13.4. The van der Waals surface area contributed by atoms with E-state index in [9.17, 15) is 9.59 Å². The highest BCUT2D eigenvalue weighted by Gasteiger charge is 2.14. The third-order valence-corrected chi connectivity index (χ3v) is 7.02. The molecule has 2 aliphatic heterocycles. The molecule has 2 aromatic rings. The molecule has 2 aliphatic rings. The molecule has 2 fully saturated rings. The highest BCUT2D eigenvalue weighted by Crippen LogP contribution is 2.17. The Bertz CT molecular complexity index is 849. The fraction of sp³-hybridized carbons (Fsp3) is 0.517. The average Bonchev–Trinajstić information content (AvgIpc) is 3.27. The standard InChI is InChI=1S/C29H40N4O2/c34-28(22-32-17-5-1-2-6-18-32)30-26-13-9-24(10-14-26)21-25-11-15-27(16-12-25)31-29(35)23-33-19-7-3-4-8-20-33/h9-16H,1-8,17-23H2,(H,30,34)(H,31,35). The maximum absolute atomic E-state index is 12.4. The van der Waals surface area contributed by atoms with E-state index in [0.717, 1.165) is 44.0 Å². The molecule has 2 aromatic carbocycles. The number of carbonyl (C=O) groups excluding carboxylic acids is 2. The topological polar surface area (TPSA) is 64.7 Å². The first-order chi connectivity index (χ1) is 17.1. The number of hydrogen-bond acceptors (Lipinski definition) is 4. The Hall–Kier alpha value is -2.70. The maximum atomic E-state index is 12.4. The van der Waals surface area contributed by atoms with Crippen molar-refractivity contribution in [3.63, 3.8) is 0 Å². The summed E-state index contributed by atoms with van der Waals surface area (Å²) in [6.07, 6.45) is 10.7. The van der Waals surface area contributed by atoms with Crippen molar-refractivity contribution in [2.75, 3.05) is 49.9 Å². The third-order valence-electron chi connectivity index (χ3n) is 7.02. The lowest BCUT2D eigenvalue weighted by Gasteiger charge is -2.19. The Morgan fingerprint density at radius 1 is 0.543 bits per heavy atom. The Kier molecular flexibility index (Phi) is 9.73. The summed E-state index contributed by atoms with van der Waals surface area (Å²) >= 11 is 0. The number of rotatable bonds is 8. The van der Waals surface area contributed by atoms with Crippen LogP contribution >= 0.6 is 0 Å². The molecule has 2 saturated heterocycles. The Morgan fingerprint density at radius 2 is 0.886 bits per heavy atom. The summed E-state index contributed by atoms with van der Waals surface area (Å²) in [6, 6.07) is 16.2. The zero-order valence-corrected chi connectivity index (χ0v) is 20.9. The monoisotopic (exact) mass is 476 g/mol. The van der Waals surface area contributed by atoms with E-state index in [-0.39, 0.29) is 11.8 Å². The number of hydrogen-bond donors (Lipinski definition) is 2. The van der Waals surface area contributed by atoms with E-state index < -0.39 is 0 Å². The van der Waals surface area contributed by atoms with E-state index in [1.807, 2.05) is 24.3 Å². The Labute approximate surface area is 210 Å². The molecule has 0 saturated carbocycles. The van der Waals surface area contributed by atoms with Crippen molar-refractivity contribution in [1.82, 2.24) is 9.80 Å². The largest absolute Gasteiger partial charge is 0.325 e. The van der Waals surface area contributed by atoms with Gasteiger partial charge in [0.25, 0.3) is 0 Å². The van der Waals surface area contributed by atoms with Crippen LogP contribution in [-0.2, 0) is 16.0 Å². The summed E-state index contributed by atoms with van der Waals surface area (Å²) in [5.41, 5.74) is 4.06. The van der Waals surface area contributed by atoms with Crippen LogP contribution in [0.15, 0.2) is 48.5 Å². The van der Waals surface area contributed by atoms with Gasteiger partial charge in [-0.15, -0.1) is 0 Å². The summed E-state index contributed by atoms with van der Waals surface area (Å²) in [7, 11) is 0. The van der Waals surface area contributed by atoms with Gasteiger partial charge >= 0.3 is 0 Å². The van der Waals surface area contributed by atoms with Crippen LogP contribution in [0.1, 0.15) is 62.5 Å². The molecule has 0 spiro atoms. The normalized spacial score (nSPS) is 17.8. The number of likely N-dealkylation sites (tertiary alicyclic amines) is 2. The van der Waals surface area contributed by atoms with Crippen LogP contribution in [0.4, 0.5) is 11.4 Å². The lowest BCUT2D eigenvalue weighted by Crippen LogP contribution is -2.33. The van der Waals surface area contributed by atoms with Gasteiger partial charge in [-0.05, 0) is 93.7 Å². The molecule has 0 radical (unpaired) electrons. The van der Waals surface area contributed by atoms with Crippen molar-refractivity contribution in [2.45, 2.75) is 57.8 Å². The number of benzene rings is 2. The van der Waals surface area contributed by atoms with Gasteiger partial charge in [-0.25, -0.2) is 0 Å². The highest BCUT2D eigenvalue weighted by atomic mass is 16.2. The molecule has 6 nitrogen and oxygen atoms in total. The molecular weight excluding hydrogens is 436 g/mol. The highest BCUT2D eigenvalue weighted by molar-refractivity contribution is 5.92. The maximum Gasteiger partial charge on any atom is 0.238 e. The van der Waals surface area contributed by atoms with Crippen LogP contribution in [0, 0.1) is 0 Å². The average molecular weight is 477 g/mol. The first kappa shape index (κ1) is 25.4. The van der Waals surface area contributed by atoms with E-state index in [2.05, 4.69) is 44.7 Å². The van der Waals surface area contributed by atoms with Crippen molar-refractivity contribution < 1.29 is 9.59 Å². The van der Waals surface area contributed by atoms with Crippen molar-refractivity contribution in [1.29, 1.82) is 0 Å². The van der Waals surface area contributed by atoms with E-state index in [1.54, 1.807) is 0 Å². The van der Waals surface area contributed by atoms with Crippen molar-refractivity contribution in [3.8, 4) is 0 Å². The summed E-state index contributed by atoms with van der Waals surface area (Å²) in [5, 5.41) is 6.07. The fourth-order valence-corrected chi connectivity index (χ4v) is 5.04. The molecule has 0 aliphatic carbocycles. The molecule has 6 heteroatoms. The second-order valence-electron chi connectivity index (χ2n) is 10.0. The van der Waals surface area contributed by atoms with Gasteiger partial charge in [-0.1, -0.05) is 49.9 Å². The minimum Gasteiger partial charge on any atom is -0.325 e. The van der Waals surface area contributed by atoms with Crippen molar-refractivity contribution in [3.05, 3.63) is 59.7 Å². The molecule has 0 bridgehead atoms. The molecule has 0 aromatic heterocycles. The number of nitrogens with one attached hydrogen (secondary N) is 2. The Morgan fingerprint density at radius 3 is 1.23 bits per heavy atom. The van der Waals surface area contributed by atoms with Crippen molar-refractivity contribution >= 4 is 23.2 Å². The summed E-state index contributed by atoms with van der Waals surface area (Å²) < 4.78 is 0. The van der Waals surface area contributed by atoms with Gasteiger partial charge in [0, 0.05) is 11.4 Å². The predicted molar refractivity (Wildman–Crippen MR) is 143 cm³/mol. The summed E-state index contributed by atoms with van der Waals surface area (Å²) in [4.78, 5) is 29.4. The van der Waals surface area contributed by atoms with Crippen LogP contribution in [0.2, 0.25) is 0 Å². The second-order valence-corrected chi connectivity index (χ2v) is 10.0. The molecule has 188 valence electrons. The van der Waals surface area contributed by atoms with E-state index in [1.165, 1.54) is 62.5 Å². The van der Waals surface area contributed by atoms with E-state index >= 15 is 0 Å². The second kappa shape index (κ2) is 13.4. The molecule has 0 unspecified atom stereocenters. The predicted octanol–water partition coefficient (Wildman–Crippen LogP) is 4.91. The fourth-order valence-electron chi connectivity index (χ4n) is 5.04. The SMILES string of the molecule is O=C(CN1CCCCCC1)Nc1ccc(Cc2ccc(NC(=O)CN3CCCCCC3)cc2)cc1. The summed E-state index contributed by atoms with van der Waals surface area (Å²) in [5.74, 6) is 0.126. The first-order valence-corrected chi connectivity index (χ1v) is 13.4. The lowest BCUT2D eigenvalue weighted by molar-refractivity contribution is -0.118. The van der Waals surface area contributed by atoms with Gasteiger partial charge in [0.1, 0.15) is 0 Å². The minimum absolute atomic E-state index is 0.0631. The molecule has 0 atom stereocenters. The van der Waals surface area contributed by atoms with Crippen LogP contribution in [0.3, 0.4) is 0 Å². The zero-order chi connectivity index (χ0) is 24.3. The van der Waals surface area contributed by atoms with Crippen LogP contribution in [0.5, 0.6) is 0 Å². The number of anilines is 2. The minimum atomic E-state index is 0.0631. The van der Waals surface area contributed by atoms with Gasteiger partial charge in [0.15, 0.2) is 0 Å². The quantitative estimate of drug-likeness (QED) is 0.568. The smallest absolute Gasteiger partial charge is 0.238 e. The number of nitrogens with zero attached hydrogens (tertiary/aromatic N) is 2. The molecule has 4 rings (SSSR count). The van der Waals surface area contributed by atoms with E-state index in [4.69, 9.17) is 0 Å². The number of carbonyl (C=O) groups is 2. The van der Waals surface area contributed by atoms with Crippen LogP contribution in [-0.4, -0.2) is 60.9 Å². The molecule has 2 heterocycles. The third kappa shape index (κ3) is 8.79. The molecule has 2 amide bonds. The summed E-state index contributed by atoms with van der Waals surface area (Å²) in [6.45, 7) is 5.03. The number of amides is 2. The molecule has 2 N–H and O–H groups in total. The van der Waals surface area contributed by atoms with Crippen molar-refractivity contribution in [2.24, 2.45) is 0 Å². The van der Waals surface area contributed by atoms with Gasteiger partial charge in [-0.2, -0.15) is 0 Å². The van der Waals surface area contributed by atoms with Gasteiger partial charge < -0.3 is 10.6 Å². The van der Waals surface area contributed by atoms with Gasteiger partial charge in [-0.3, -0.25) is 19.4 Å². The molecular formula is C29H40N4O2. The van der Waals surface area contributed by atoms with Gasteiger partial charge in [0.05, 0.1) is 13.1 Å². The van der Waals surface area contributed by atoms with Crippen LogP contribution in [0.25, 0.3) is 0 Å². The lowest BCUT2D eigenvalue weighted by atomic mass is 10.0. The van der Waals surface area contributed by atoms with Gasteiger partial charge in [0.2, 0.25) is 11.8 Å². The Balaban J connectivity index is 1.21.